The van der Waals surface area contributed by atoms with E-state index in [-0.39, 0.29) is 0 Å². The van der Waals surface area contributed by atoms with Crippen molar-refractivity contribution in [1.29, 1.82) is 0 Å². The zero-order valence-corrected chi connectivity index (χ0v) is 12.5. The number of hydrogen-bond donors (Lipinski definition) is 0. The molecule has 96 valence electrons. The largest absolute Gasteiger partial charge is 0.0683 e. The van der Waals surface area contributed by atoms with Gasteiger partial charge in [-0.1, -0.05) is 50.2 Å². The van der Waals surface area contributed by atoms with E-state index < -0.39 is 0 Å². The first-order chi connectivity index (χ1) is 8.61. The second-order valence-electron chi connectivity index (χ2n) is 4.53. The topological polar surface area (TPSA) is 0 Å². The summed E-state index contributed by atoms with van der Waals surface area (Å²) in [7, 11) is 0. The van der Waals surface area contributed by atoms with Crippen molar-refractivity contribution in [3.05, 3.63) is 58.7 Å². The summed E-state index contributed by atoms with van der Waals surface area (Å²) in [5, 5.41) is 0. The first kappa shape index (κ1) is 14.5. The number of aryl methyl sites for hydroxylation is 4. The highest BCUT2D eigenvalue weighted by Crippen LogP contribution is 2.32. The molecule has 2 rings (SSSR count). The van der Waals surface area contributed by atoms with Crippen molar-refractivity contribution in [1.82, 2.24) is 0 Å². The molecule has 0 heterocycles. The number of benzene rings is 2. The lowest BCUT2D eigenvalue weighted by atomic mass is 9.90. The fraction of sp³-hybridized carbons (Fsp3) is 0.333. The SMILES string of the molecule is CC.Cc1cccc(C)c1-c1c(C)cccc1C. The van der Waals surface area contributed by atoms with Gasteiger partial charge in [-0.3, -0.25) is 0 Å². The van der Waals surface area contributed by atoms with Crippen LogP contribution in [0.25, 0.3) is 11.1 Å². The Morgan fingerprint density at radius 2 is 0.722 bits per heavy atom. The molecule has 0 bridgehead atoms. The molecule has 0 amide bonds. The number of rotatable bonds is 1. The van der Waals surface area contributed by atoms with Crippen molar-refractivity contribution in [2.45, 2.75) is 41.5 Å². The molecular weight excluding hydrogens is 216 g/mol. The normalized spacial score (nSPS) is 9.67. The monoisotopic (exact) mass is 240 g/mol. The van der Waals surface area contributed by atoms with Gasteiger partial charge in [0.25, 0.3) is 0 Å². The van der Waals surface area contributed by atoms with Crippen molar-refractivity contribution in [2.24, 2.45) is 0 Å². The van der Waals surface area contributed by atoms with Gasteiger partial charge in [0.2, 0.25) is 0 Å². The fourth-order valence-corrected chi connectivity index (χ4v) is 2.42. The van der Waals surface area contributed by atoms with Gasteiger partial charge in [0.05, 0.1) is 0 Å². The van der Waals surface area contributed by atoms with Gasteiger partial charge in [-0.05, 0) is 61.1 Å². The Bertz CT molecular complexity index is 432. The van der Waals surface area contributed by atoms with Crippen LogP contribution in [-0.4, -0.2) is 0 Å². The van der Waals surface area contributed by atoms with Crippen LogP contribution in [-0.2, 0) is 0 Å². The van der Waals surface area contributed by atoms with E-state index in [0.717, 1.165) is 0 Å². The summed E-state index contributed by atoms with van der Waals surface area (Å²) >= 11 is 0. The standard InChI is InChI=1S/C16H18.C2H6/c1-11-7-5-8-12(2)15(11)16-13(3)9-6-10-14(16)4;1-2/h5-10H,1-4H3;1-2H3. The predicted molar refractivity (Wildman–Crippen MR) is 82.2 cm³/mol. The molecular formula is C18H24. The summed E-state index contributed by atoms with van der Waals surface area (Å²) in [4.78, 5) is 0. The lowest BCUT2D eigenvalue weighted by molar-refractivity contribution is 1.32. The van der Waals surface area contributed by atoms with Crippen molar-refractivity contribution < 1.29 is 0 Å². The van der Waals surface area contributed by atoms with Gasteiger partial charge >= 0.3 is 0 Å². The van der Waals surface area contributed by atoms with Crippen LogP contribution in [0.2, 0.25) is 0 Å². The summed E-state index contributed by atoms with van der Waals surface area (Å²) in [6.45, 7) is 12.8. The van der Waals surface area contributed by atoms with E-state index in [2.05, 4.69) is 64.1 Å². The zero-order valence-electron chi connectivity index (χ0n) is 12.5. The fourth-order valence-electron chi connectivity index (χ4n) is 2.42. The third kappa shape index (κ3) is 2.81. The molecule has 0 fully saturated rings. The molecule has 0 aliphatic heterocycles. The van der Waals surface area contributed by atoms with E-state index in [1.54, 1.807) is 0 Å². The third-order valence-electron chi connectivity index (χ3n) is 3.21. The van der Waals surface area contributed by atoms with Crippen molar-refractivity contribution in [3.63, 3.8) is 0 Å². The molecule has 2 aromatic carbocycles. The number of hydrogen-bond acceptors (Lipinski definition) is 0. The van der Waals surface area contributed by atoms with E-state index in [9.17, 15) is 0 Å². The van der Waals surface area contributed by atoms with Crippen LogP contribution in [0.4, 0.5) is 0 Å². The summed E-state index contributed by atoms with van der Waals surface area (Å²) in [6, 6.07) is 13.0. The molecule has 18 heavy (non-hydrogen) atoms. The van der Waals surface area contributed by atoms with Crippen LogP contribution in [0.3, 0.4) is 0 Å². The van der Waals surface area contributed by atoms with Gasteiger partial charge in [0.1, 0.15) is 0 Å². The first-order valence-corrected chi connectivity index (χ1v) is 6.74. The second kappa shape index (κ2) is 6.39. The van der Waals surface area contributed by atoms with Crippen LogP contribution >= 0.6 is 0 Å². The smallest absolute Gasteiger partial charge is 0.0120 e. The summed E-state index contributed by atoms with van der Waals surface area (Å²) in [5.41, 5.74) is 8.24. The van der Waals surface area contributed by atoms with E-state index in [4.69, 9.17) is 0 Å². The molecule has 0 spiro atoms. The Labute approximate surface area is 112 Å². The van der Waals surface area contributed by atoms with E-state index in [1.165, 1.54) is 33.4 Å². The third-order valence-corrected chi connectivity index (χ3v) is 3.21. The first-order valence-electron chi connectivity index (χ1n) is 6.74. The predicted octanol–water partition coefficient (Wildman–Crippen LogP) is 5.61. The molecule has 0 aliphatic rings. The lowest BCUT2D eigenvalue weighted by Gasteiger charge is -2.15. The van der Waals surface area contributed by atoms with Gasteiger partial charge in [0, 0.05) is 0 Å². The van der Waals surface area contributed by atoms with Crippen LogP contribution in [0.5, 0.6) is 0 Å². The Kier molecular flexibility index (Phi) is 5.15. The van der Waals surface area contributed by atoms with Crippen LogP contribution in [0.15, 0.2) is 36.4 Å². The van der Waals surface area contributed by atoms with Gasteiger partial charge < -0.3 is 0 Å². The molecule has 0 saturated carbocycles. The zero-order chi connectivity index (χ0) is 13.7. The maximum atomic E-state index is 2.19. The lowest BCUT2D eigenvalue weighted by Crippen LogP contribution is -1.93. The Morgan fingerprint density at radius 3 is 0.944 bits per heavy atom. The maximum absolute atomic E-state index is 2.19. The molecule has 2 aromatic rings. The molecule has 0 aliphatic carbocycles. The highest BCUT2D eigenvalue weighted by atomic mass is 14.1. The van der Waals surface area contributed by atoms with Crippen LogP contribution in [0.1, 0.15) is 36.1 Å². The average molecular weight is 240 g/mol. The highest BCUT2D eigenvalue weighted by Gasteiger charge is 2.09. The van der Waals surface area contributed by atoms with Crippen molar-refractivity contribution in [3.8, 4) is 11.1 Å². The minimum absolute atomic E-state index is 1.36. The quantitative estimate of drug-likeness (QED) is 0.607. The summed E-state index contributed by atoms with van der Waals surface area (Å²) in [5.74, 6) is 0. The van der Waals surface area contributed by atoms with Gasteiger partial charge in [-0.25, -0.2) is 0 Å². The molecule has 0 N–H and O–H groups in total. The Morgan fingerprint density at radius 1 is 0.500 bits per heavy atom. The molecule has 0 atom stereocenters. The Hall–Kier alpha value is -1.56. The molecule has 0 nitrogen and oxygen atoms in total. The maximum Gasteiger partial charge on any atom is -0.0120 e. The molecule has 0 unspecified atom stereocenters. The van der Waals surface area contributed by atoms with Crippen molar-refractivity contribution >= 4 is 0 Å². The van der Waals surface area contributed by atoms with Crippen molar-refractivity contribution in [2.75, 3.05) is 0 Å². The van der Waals surface area contributed by atoms with Gasteiger partial charge in [-0.15, -0.1) is 0 Å². The molecule has 0 aromatic heterocycles. The molecule has 0 saturated heterocycles. The summed E-state index contributed by atoms with van der Waals surface area (Å²) < 4.78 is 0. The average Bonchev–Trinajstić information content (AvgIpc) is 2.35. The van der Waals surface area contributed by atoms with Crippen LogP contribution in [0, 0.1) is 27.7 Å². The van der Waals surface area contributed by atoms with Crippen LogP contribution < -0.4 is 0 Å². The summed E-state index contributed by atoms with van der Waals surface area (Å²) in [6.07, 6.45) is 0. The van der Waals surface area contributed by atoms with E-state index in [0.29, 0.717) is 0 Å². The minimum atomic E-state index is 1.36. The molecule has 0 heteroatoms. The minimum Gasteiger partial charge on any atom is -0.0683 e. The van der Waals surface area contributed by atoms with Gasteiger partial charge in [-0.2, -0.15) is 0 Å². The van der Waals surface area contributed by atoms with E-state index >= 15 is 0 Å². The Balaban J connectivity index is 0.000000771. The van der Waals surface area contributed by atoms with E-state index in [1.807, 2.05) is 13.8 Å². The van der Waals surface area contributed by atoms with Gasteiger partial charge in [0.15, 0.2) is 0 Å². The molecule has 0 radical (unpaired) electrons. The second-order valence-corrected chi connectivity index (χ2v) is 4.53. The highest BCUT2D eigenvalue weighted by molar-refractivity contribution is 5.76.